The molecule has 0 bridgehead atoms. The number of rotatable bonds is 3. The molecule has 2 heterocycles. The van der Waals surface area contributed by atoms with E-state index >= 15 is 0 Å². The van der Waals surface area contributed by atoms with Crippen molar-refractivity contribution in [1.82, 2.24) is 14.5 Å². The van der Waals surface area contributed by atoms with E-state index in [4.69, 9.17) is 16.6 Å². The van der Waals surface area contributed by atoms with Crippen LogP contribution in [0.15, 0.2) is 22.7 Å². The monoisotopic (exact) mass is 369 g/mol. The molecule has 0 N–H and O–H groups in total. The SMILES string of the molecule is CC(Cl)c1nc2ccc(Br)cc2n1CC1CCCCN1C. The lowest BCUT2D eigenvalue weighted by molar-refractivity contribution is 0.167. The summed E-state index contributed by atoms with van der Waals surface area (Å²) in [5, 5.41) is -0.0786. The number of alkyl halides is 1. The third-order valence-electron chi connectivity index (χ3n) is 4.41. The number of halogens is 2. The molecule has 0 radical (unpaired) electrons. The van der Waals surface area contributed by atoms with Crippen molar-refractivity contribution in [2.75, 3.05) is 13.6 Å². The fourth-order valence-electron chi connectivity index (χ4n) is 3.20. The first-order chi connectivity index (χ1) is 10.1. The average Bonchev–Trinajstić information content (AvgIpc) is 2.80. The Kier molecular flexibility index (Phi) is 4.57. The van der Waals surface area contributed by atoms with E-state index in [0.29, 0.717) is 6.04 Å². The number of hydrogen-bond donors (Lipinski definition) is 0. The van der Waals surface area contributed by atoms with Gasteiger partial charge < -0.3 is 9.47 Å². The van der Waals surface area contributed by atoms with Crippen LogP contribution in [0.25, 0.3) is 11.0 Å². The van der Waals surface area contributed by atoms with Gasteiger partial charge in [-0.05, 0) is 51.6 Å². The number of aromatic nitrogens is 2. The molecule has 2 atom stereocenters. The number of benzene rings is 1. The highest BCUT2D eigenvalue weighted by Crippen LogP contribution is 2.28. The third-order valence-corrected chi connectivity index (χ3v) is 5.10. The van der Waals surface area contributed by atoms with Crippen LogP contribution in [0.1, 0.15) is 37.4 Å². The molecule has 1 aliphatic rings. The Morgan fingerprint density at radius 1 is 1.43 bits per heavy atom. The van der Waals surface area contributed by atoms with E-state index in [0.717, 1.165) is 22.4 Å². The summed E-state index contributed by atoms with van der Waals surface area (Å²) < 4.78 is 3.39. The summed E-state index contributed by atoms with van der Waals surface area (Å²) in [7, 11) is 2.22. The molecule has 3 rings (SSSR count). The summed E-state index contributed by atoms with van der Waals surface area (Å²) >= 11 is 9.93. The van der Waals surface area contributed by atoms with Crippen LogP contribution in [-0.4, -0.2) is 34.1 Å². The van der Waals surface area contributed by atoms with Gasteiger partial charge in [0.2, 0.25) is 0 Å². The Hall–Kier alpha value is -0.580. The molecule has 2 unspecified atom stereocenters. The van der Waals surface area contributed by atoms with Crippen LogP contribution in [0, 0.1) is 0 Å². The van der Waals surface area contributed by atoms with Gasteiger partial charge in [0.1, 0.15) is 5.82 Å². The Morgan fingerprint density at radius 2 is 2.24 bits per heavy atom. The molecule has 1 aromatic heterocycles. The van der Waals surface area contributed by atoms with Crippen molar-refractivity contribution >= 4 is 38.6 Å². The number of fused-ring (bicyclic) bond motifs is 1. The topological polar surface area (TPSA) is 21.1 Å². The Labute approximate surface area is 139 Å². The number of nitrogens with zero attached hydrogens (tertiary/aromatic N) is 3. The van der Waals surface area contributed by atoms with E-state index in [2.05, 4.69) is 44.6 Å². The van der Waals surface area contributed by atoms with Crippen LogP contribution in [0.4, 0.5) is 0 Å². The van der Waals surface area contributed by atoms with Gasteiger partial charge in [-0.15, -0.1) is 11.6 Å². The fraction of sp³-hybridized carbons (Fsp3) is 0.562. The smallest absolute Gasteiger partial charge is 0.127 e. The van der Waals surface area contributed by atoms with Crippen molar-refractivity contribution in [3.8, 4) is 0 Å². The fourth-order valence-corrected chi connectivity index (χ4v) is 3.71. The van der Waals surface area contributed by atoms with Crippen molar-refractivity contribution in [3.05, 3.63) is 28.5 Å². The quantitative estimate of drug-likeness (QED) is 0.737. The van der Waals surface area contributed by atoms with Crippen molar-refractivity contribution in [2.24, 2.45) is 0 Å². The number of likely N-dealkylation sites (N-methyl/N-ethyl adjacent to an activating group) is 1. The highest BCUT2D eigenvalue weighted by Gasteiger charge is 2.23. The minimum atomic E-state index is -0.0786. The third kappa shape index (κ3) is 3.13. The predicted molar refractivity (Wildman–Crippen MR) is 92.0 cm³/mol. The van der Waals surface area contributed by atoms with Crippen molar-refractivity contribution in [3.63, 3.8) is 0 Å². The highest BCUT2D eigenvalue weighted by molar-refractivity contribution is 9.10. The van der Waals surface area contributed by atoms with Gasteiger partial charge in [0.05, 0.1) is 16.4 Å². The van der Waals surface area contributed by atoms with Crippen LogP contribution in [0.2, 0.25) is 0 Å². The molecule has 0 amide bonds. The molecule has 21 heavy (non-hydrogen) atoms. The first kappa shape index (κ1) is 15.3. The normalized spacial score (nSPS) is 21.8. The summed E-state index contributed by atoms with van der Waals surface area (Å²) in [5.41, 5.74) is 2.20. The van der Waals surface area contributed by atoms with Crippen molar-refractivity contribution < 1.29 is 0 Å². The standard InChI is InChI=1S/C16H21BrClN3/c1-11(18)16-19-14-7-6-12(17)9-15(14)21(16)10-13-5-3-4-8-20(13)2/h6-7,9,11,13H,3-5,8,10H2,1-2H3. The van der Waals surface area contributed by atoms with E-state index < -0.39 is 0 Å². The Bertz CT molecular complexity index is 638. The van der Waals surface area contributed by atoms with Crippen LogP contribution < -0.4 is 0 Å². The number of piperidine rings is 1. The maximum absolute atomic E-state index is 6.36. The molecule has 0 saturated carbocycles. The number of likely N-dealkylation sites (tertiary alicyclic amines) is 1. The second-order valence-electron chi connectivity index (χ2n) is 5.96. The molecule has 1 fully saturated rings. The highest BCUT2D eigenvalue weighted by atomic mass is 79.9. The van der Waals surface area contributed by atoms with Crippen molar-refractivity contribution in [1.29, 1.82) is 0 Å². The second-order valence-corrected chi connectivity index (χ2v) is 7.53. The van der Waals surface area contributed by atoms with E-state index in [1.807, 2.05) is 13.0 Å². The first-order valence-electron chi connectivity index (χ1n) is 7.56. The van der Waals surface area contributed by atoms with E-state index in [-0.39, 0.29) is 5.38 Å². The summed E-state index contributed by atoms with van der Waals surface area (Å²) in [6.07, 6.45) is 3.87. The summed E-state index contributed by atoms with van der Waals surface area (Å²) in [6.45, 7) is 4.15. The Morgan fingerprint density at radius 3 is 2.95 bits per heavy atom. The zero-order valence-electron chi connectivity index (χ0n) is 12.5. The van der Waals surface area contributed by atoms with Crippen LogP contribution in [0.3, 0.4) is 0 Å². The van der Waals surface area contributed by atoms with Gasteiger partial charge in [-0.3, -0.25) is 0 Å². The lowest BCUT2D eigenvalue weighted by atomic mass is 10.0. The minimum absolute atomic E-state index is 0.0786. The van der Waals surface area contributed by atoms with E-state index in [9.17, 15) is 0 Å². The number of hydrogen-bond acceptors (Lipinski definition) is 2. The molecule has 1 aromatic carbocycles. The van der Waals surface area contributed by atoms with Crippen LogP contribution in [0.5, 0.6) is 0 Å². The zero-order chi connectivity index (χ0) is 15.0. The summed E-state index contributed by atoms with van der Waals surface area (Å²) in [5.74, 6) is 0.976. The lowest BCUT2D eigenvalue weighted by Gasteiger charge is -2.33. The molecule has 5 heteroatoms. The largest absolute Gasteiger partial charge is 0.325 e. The van der Waals surface area contributed by atoms with Gasteiger partial charge in [0.25, 0.3) is 0 Å². The maximum Gasteiger partial charge on any atom is 0.127 e. The molecule has 0 spiro atoms. The van der Waals surface area contributed by atoms with Gasteiger partial charge in [-0.25, -0.2) is 4.98 Å². The predicted octanol–water partition coefficient (Wildman–Crippen LogP) is 4.58. The maximum atomic E-state index is 6.36. The zero-order valence-corrected chi connectivity index (χ0v) is 14.9. The van der Waals surface area contributed by atoms with Crippen LogP contribution in [-0.2, 0) is 6.54 Å². The molecule has 114 valence electrons. The molecule has 1 saturated heterocycles. The van der Waals surface area contributed by atoms with E-state index in [1.54, 1.807) is 0 Å². The molecule has 3 nitrogen and oxygen atoms in total. The average molecular weight is 371 g/mol. The molecular weight excluding hydrogens is 350 g/mol. The minimum Gasteiger partial charge on any atom is -0.325 e. The van der Waals surface area contributed by atoms with Crippen LogP contribution >= 0.6 is 27.5 Å². The second kappa shape index (κ2) is 6.27. The van der Waals surface area contributed by atoms with Gasteiger partial charge in [0, 0.05) is 17.1 Å². The molecular formula is C16H21BrClN3. The molecule has 1 aliphatic heterocycles. The molecule has 2 aromatic rings. The molecule has 0 aliphatic carbocycles. The van der Waals surface area contributed by atoms with Gasteiger partial charge in [-0.1, -0.05) is 22.4 Å². The van der Waals surface area contributed by atoms with Gasteiger partial charge >= 0.3 is 0 Å². The lowest BCUT2D eigenvalue weighted by Crippen LogP contribution is -2.39. The van der Waals surface area contributed by atoms with E-state index in [1.165, 1.54) is 31.3 Å². The summed E-state index contributed by atoms with van der Waals surface area (Å²) in [6, 6.07) is 6.82. The van der Waals surface area contributed by atoms with Crippen molar-refractivity contribution in [2.45, 2.75) is 44.1 Å². The van der Waals surface area contributed by atoms with Gasteiger partial charge in [0.15, 0.2) is 0 Å². The van der Waals surface area contributed by atoms with Gasteiger partial charge in [-0.2, -0.15) is 0 Å². The summed E-state index contributed by atoms with van der Waals surface area (Å²) in [4.78, 5) is 7.20. The number of imidazole rings is 1. The first-order valence-corrected chi connectivity index (χ1v) is 8.79. The Balaban J connectivity index is 2.02.